The van der Waals surface area contributed by atoms with Gasteiger partial charge in [-0.3, -0.25) is 0 Å². The van der Waals surface area contributed by atoms with E-state index < -0.39 is 0 Å². The highest BCUT2D eigenvalue weighted by Crippen LogP contribution is 2.14. The molecule has 0 amide bonds. The highest BCUT2D eigenvalue weighted by molar-refractivity contribution is 5.87. The van der Waals surface area contributed by atoms with Gasteiger partial charge in [0.05, 0.1) is 7.11 Å². The fourth-order valence-corrected chi connectivity index (χ4v) is 2.30. The first-order chi connectivity index (χ1) is 9.67. The van der Waals surface area contributed by atoms with Crippen molar-refractivity contribution in [3.8, 4) is 5.75 Å². The van der Waals surface area contributed by atoms with Crippen LogP contribution in [0.2, 0.25) is 0 Å². The molecule has 4 nitrogen and oxygen atoms in total. The fourth-order valence-electron chi connectivity index (χ4n) is 2.30. The highest BCUT2D eigenvalue weighted by Gasteiger charge is 2.19. The number of hydrogen-bond acceptors (Lipinski definition) is 4. The van der Waals surface area contributed by atoms with Crippen LogP contribution in [0.5, 0.6) is 5.75 Å². The number of nitrogens with zero attached hydrogens (tertiary/aromatic N) is 1. The smallest absolute Gasteiger partial charge is 0.331 e. The largest absolute Gasteiger partial charge is 0.497 e. The molecule has 0 bridgehead atoms. The molecule has 2 rings (SSSR count). The Morgan fingerprint density at radius 3 is 2.67 bits per heavy atom. The van der Waals surface area contributed by atoms with Crippen molar-refractivity contribution in [2.45, 2.75) is 18.9 Å². The van der Waals surface area contributed by atoms with E-state index in [1.165, 1.54) is 6.08 Å². The Bertz CT molecular complexity index is 473. The lowest BCUT2D eigenvalue weighted by atomic mass is 10.1. The summed E-state index contributed by atoms with van der Waals surface area (Å²) < 4.78 is 10.5. The van der Waals surface area contributed by atoms with Crippen LogP contribution in [0.15, 0.2) is 30.3 Å². The molecule has 1 aliphatic rings. The Morgan fingerprint density at radius 1 is 1.33 bits per heavy atom. The van der Waals surface area contributed by atoms with Crippen LogP contribution < -0.4 is 4.74 Å². The predicted molar refractivity (Wildman–Crippen MR) is 85.9 cm³/mol. The second-order valence-corrected chi connectivity index (χ2v) is 5.07. The van der Waals surface area contributed by atoms with E-state index >= 15 is 0 Å². The monoisotopic (exact) mass is 311 g/mol. The third-order valence-corrected chi connectivity index (χ3v) is 3.39. The molecule has 0 aliphatic carbocycles. The number of benzene rings is 1. The first-order valence-corrected chi connectivity index (χ1v) is 6.88. The molecule has 116 valence electrons. The van der Waals surface area contributed by atoms with Crippen LogP contribution in [0.25, 0.3) is 6.08 Å². The number of carbonyl (C=O) groups is 1. The second-order valence-electron chi connectivity index (χ2n) is 5.07. The van der Waals surface area contributed by atoms with Crippen LogP contribution in [0, 0.1) is 0 Å². The van der Waals surface area contributed by atoms with E-state index in [0.717, 1.165) is 37.2 Å². The summed E-state index contributed by atoms with van der Waals surface area (Å²) in [7, 11) is 3.68. The number of halogens is 1. The molecular formula is C16H22ClNO3. The van der Waals surface area contributed by atoms with Gasteiger partial charge in [-0.25, -0.2) is 4.79 Å². The summed E-state index contributed by atoms with van der Waals surface area (Å²) in [5.74, 6) is 0.524. The molecule has 5 heteroatoms. The van der Waals surface area contributed by atoms with Gasteiger partial charge in [-0.2, -0.15) is 0 Å². The third-order valence-electron chi connectivity index (χ3n) is 3.39. The highest BCUT2D eigenvalue weighted by atomic mass is 35.5. The number of esters is 1. The van der Waals surface area contributed by atoms with E-state index in [-0.39, 0.29) is 24.5 Å². The zero-order chi connectivity index (χ0) is 14.4. The van der Waals surface area contributed by atoms with Crippen LogP contribution in [-0.2, 0) is 9.53 Å². The Morgan fingerprint density at radius 2 is 2.05 bits per heavy atom. The van der Waals surface area contributed by atoms with Gasteiger partial charge in [0.15, 0.2) is 0 Å². The van der Waals surface area contributed by atoms with Crippen molar-refractivity contribution in [3.05, 3.63) is 35.9 Å². The molecule has 1 aromatic rings. The van der Waals surface area contributed by atoms with Gasteiger partial charge in [0.25, 0.3) is 0 Å². The van der Waals surface area contributed by atoms with Crippen molar-refractivity contribution in [1.82, 2.24) is 4.90 Å². The topological polar surface area (TPSA) is 38.8 Å². The third kappa shape index (κ3) is 5.78. The predicted octanol–water partition coefficient (Wildman–Crippen LogP) is 2.77. The van der Waals surface area contributed by atoms with Crippen LogP contribution in [-0.4, -0.2) is 44.2 Å². The van der Waals surface area contributed by atoms with Crippen molar-refractivity contribution in [1.29, 1.82) is 0 Å². The molecule has 0 saturated carbocycles. The van der Waals surface area contributed by atoms with E-state index in [2.05, 4.69) is 4.90 Å². The molecule has 0 N–H and O–H groups in total. The van der Waals surface area contributed by atoms with Crippen molar-refractivity contribution < 1.29 is 14.3 Å². The summed E-state index contributed by atoms with van der Waals surface area (Å²) >= 11 is 0. The van der Waals surface area contributed by atoms with E-state index in [9.17, 15) is 4.79 Å². The number of carbonyl (C=O) groups excluding carboxylic acids is 1. The summed E-state index contributed by atoms with van der Waals surface area (Å²) in [6, 6.07) is 7.52. The number of methoxy groups -OCH3 is 1. The first-order valence-electron chi connectivity index (χ1n) is 6.88. The molecule has 1 aromatic carbocycles. The van der Waals surface area contributed by atoms with Gasteiger partial charge >= 0.3 is 5.97 Å². The lowest BCUT2D eigenvalue weighted by molar-refractivity contribution is -0.145. The van der Waals surface area contributed by atoms with E-state index in [1.54, 1.807) is 13.2 Å². The number of rotatable bonds is 4. The van der Waals surface area contributed by atoms with Crippen LogP contribution in [0.3, 0.4) is 0 Å². The van der Waals surface area contributed by atoms with Gasteiger partial charge in [0, 0.05) is 12.6 Å². The minimum atomic E-state index is -0.277. The van der Waals surface area contributed by atoms with Crippen LogP contribution >= 0.6 is 12.4 Å². The fraction of sp³-hybridized carbons (Fsp3) is 0.438. The lowest BCUT2D eigenvalue weighted by Crippen LogP contribution is -2.37. The van der Waals surface area contributed by atoms with Gasteiger partial charge in [-0.05, 0) is 50.2 Å². The maximum atomic E-state index is 11.8. The SMILES string of the molecule is COc1ccc(/C=C/C(=O)OC2CCCN(C)C2)cc1.Cl. The van der Waals surface area contributed by atoms with Gasteiger partial charge < -0.3 is 14.4 Å². The zero-order valence-corrected chi connectivity index (χ0v) is 13.3. The summed E-state index contributed by atoms with van der Waals surface area (Å²) in [4.78, 5) is 14.0. The molecular weight excluding hydrogens is 290 g/mol. The van der Waals surface area contributed by atoms with Crippen molar-refractivity contribution in [2.24, 2.45) is 0 Å². The van der Waals surface area contributed by atoms with Gasteiger partial charge in [0.2, 0.25) is 0 Å². The lowest BCUT2D eigenvalue weighted by Gasteiger charge is -2.28. The normalized spacial score (nSPS) is 19.0. The minimum Gasteiger partial charge on any atom is -0.497 e. The summed E-state index contributed by atoms with van der Waals surface area (Å²) in [5, 5.41) is 0. The molecule has 0 aromatic heterocycles. The van der Waals surface area contributed by atoms with E-state index in [0.29, 0.717) is 0 Å². The van der Waals surface area contributed by atoms with Gasteiger partial charge in [0.1, 0.15) is 11.9 Å². The van der Waals surface area contributed by atoms with Crippen LogP contribution in [0.4, 0.5) is 0 Å². The number of piperidine rings is 1. The number of hydrogen-bond donors (Lipinski definition) is 0. The standard InChI is InChI=1S/C16H21NO3.ClH/c1-17-11-3-4-15(12-17)20-16(18)10-7-13-5-8-14(19-2)9-6-13;/h5-10,15H,3-4,11-12H2,1-2H3;1H/b10-7+;. The molecule has 1 atom stereocenters. The van der Waals surface area contributed by atoms with E-state index in [4.69, 9.17) is 9.47 Å². The van der Waals surface area contributed by atoms with Gasteiger partial charge in [-0.1, -0.05) is 12.1 Å². The number of likely N-dealkylation sites (tertiary alicyclic amines) is 1. The second kappa shape index (κ2) is 8.70. The Labute approximate surface area is 132 Å². The molecule has 0 spiro atoms. The molecule has 1 unspecified atom stereocenters. The Kier molecular flexibility index (Phi) is 7.26. The Hall–Kier alpha value is -1.52. The molecule has 0 radical (unpaired) electrons. The van der Waals surface area contributed by atoms with Gasteiger partial charge in [-0.15, -0.1) is 12.4 Å². The number of ether oxygens (including phenoxy) is 2. The van der Waals surface area contributed by atoms with Crippen LogP contribution in [0.1, 0.15) is 18.4 Å². The van der Waals surface area contributed by atoms with Crippen molar-refractivity contribution in [3.63, 3.8) is 0 Å². The first kappa shape index (κ1) is 17.5. The summed E-state index contributed by atoms with van der Waals surface area (Å²) in [6.45, 7) is 1.90. The average molecular weight is 312 g/mol. The molecule has 1 saturated heterocycles. The quantitative estimate of drug-likeness (QED) is 0.633. The zero-order valence-electron chi connectivity index (χ0n) is 12.5. The summed E-state index contributed by atoms with van der Waals surface area (Å²) in [6.07, 6.45) is 5.29. The number of likely N-dealkylation sites (N-methyl/N-ethyl adjacent to an activating group) is 1. The molecule has 1 aliphatic heterocycles. The molecule has 1 heterocycles. The minimum absolute atomic E-state index is 0. The average Bonchev–Trinajstić information content (AvgIpc) is 2.46. The molecule has 21 heavy (non-hydrogen) atoms. The van der Waals surface area contributed by atoms with Crippen molar-refractivity contribution in [2.75, 3.05) is 27.2 Å². The van der Waals surface area contributed by atoms with Crippen molar-refractivity contribution >= 4 is 24.5 Å². The Balaban J connectivity index is 0.00000220. The van der Waals surface area contributed by atoms with E-state index in [1.807, 2.05) is 31.3 Å². The molecule has 1 fully saturated rings. The maximum Gasteiger partial charge on any atom is 0.331 e. The summed E-state index contributed by atoms with van der Waals surface area (Å²) in [5.41, 5.74) is 0.948. The maximum absolute atomic E-state index is 11.8.